The lowest BCUT2D eigenvalue weighted by molar-refractivity contribution is 0.438. The summed E-state index contributed by atoms with van der Waals surface area (Å²) in [5.74, 6) is 3.68. The van der Waals surface area contributed by atoms with Crippen molar-refractivity contribution in [1.82, 2.24) is 15.3 Å². The second-order valence-corrected chi connectivity index (χ2v) is 6.88. The van der Waals surface area contributed by atoms with Gasteiger partial charge in [-0.2, -0.15) is 4.98 Å². The van der Waals surface area contributed by atoms with Crippen LogP contribution in [0.4, 0.5) is 11.8 Å². The molecule has 2 heterocycles. The average Bonchev–Trinajstić information content (AvgIpc) is 3.23. The third-order valence-corrected chi connectivity index (χ3v) is 5.61. The largest absolute Gasteiger partial charge is 0.355 e. The summed E-state index contributed by atoms with van der Waals surface area (Å²) in [6, 6.07) is 3.22. The van der Waals surface area contributed by atoms with Crippen molar-refractivity contribution >= 4 is 11.8 Å². The fourth-order valence-corrected chi connectivity index (χ4v) is 4.39. The number of nitrogens with zero attached hydrogens (tertiary/aromatic N) is 3. The number of hydrogen-bond donors (Lipinski definition) is 2. The van der Waals surface area contributed by atoms with Gasteiger partial charge < -0.3 is 15.5 Å². The van der Waals surface area contributed by atoms with E-state index in [0.717, 1.165) is 36.7 Å². The van der Waals surface area contributed by atoms with Crippen molar-refractivity contribution in [3.63, 3.8) is 0 Å². The first-order valence-electron chi connectivity index (χ1n) is 8.33. The molecule has 2 bridgehead atoms. The van der Waals surface area contributed by atoms with Crippen LogP contribution < -0.4 is 15.5 Å². The minimum absolute atomic E-state index is 0.585. The van der Waals surface area contributed by atoms with E-state index in [1.165, 1.54) is 32.1 Å². The maximum atomic E-state index is 4.75. The van der Waals surface area contributed by atoms with Crippen LogP contribution in [0, 0.1) is 11.8 Å². The molecule has 5 heteroatoms. The van der Waals surface area contributed by atoms with Gasteiger partial charge in [-0.1, -0.05) is 6.42 Å². The topological polar surface area (TPSA) is 53.1 Å². The van der Waals surface area contributed by atoms with E-state index in [4.69, 9.17) is 4.98 Å². The molecule has 5 nitrogen and oxygen atoms in total. The highest BCUT2D eigenvalue weighted by Gasteiger charge is 2.39. The maximum Gasteiger partial charge on any atom is 0.224 e. The molecular weight excluding hydrogens is 262 g/mol. The first kappa shape index (κ1) is 13.3. The molecule has 0 spiro atoms. The van der Waals surface area contributed by atoms with Gasteiger partial charge in [-0.25, -0.2) is 4.98 Å². The normalized spacial score (nSPS) is 34.6. The fourth-order valence-electron chi connectivity index (χ4n) is 4.39. The molecule has 1 aromatic rings. The van der Waals surface area contributed by atoms with Crippen LogP contribution >= 0.6 is 0 Å². The Labute approximate surface area is 126 Å². The molecule has 114 valence electrons. The third kappa shape index (κ3) is 2.59. The number of aromatic nitrogens is 2. The summed E-state index contributed by atoms with van der Waals surface area (Å²) in [6.07, 6.45) is 8.62. The van der Waals surface area contributed by atoms with Crippen LogP contribution in [0.15, 0.2) is 12.3 Å². The van der Waals surface area contributed by atoms with Gasteiger partial charge in [0, 0.05) is 31.4 Å². The number of likely N-dealkylation sites (N-methyl/N-ethyl adjacent to an activating group) is 1. The molecule has 0 radical (unpaired) electrons. The van der Waals surface area contributed by atoms with Crippen LogP contribution in [0.25, 0.3) is 0 Å². The van der Waals surface area contributed by atoms with Crippen molar-refractivity contribution in [2.75, 3.05) is 30.4 Å². The van der Waals surface area contributed by atoms with E-state index in [2.05, 4.69) is 20.5 Å². The summed E-state index contributed by atoms with van der Waals surface area (Å²) in [7, 11) is 2.04. The lowest BCUT2D eigenvalue weighted by Crippen LogP contribution is -2.30. The van der Waals surface area contributed by atoms with Crippen LogP contribution in [0.1, 0.15) is 32.1 Å². The highest BCUT2D eigenvalue weighted by atomic mass is 15.3. The Morgan fingerprint density at radius 2 is 2.19 bits per heavy atom. The molecule has 0 amide bonds. The summed E-state index contributed by atoms with van der Waals surface area (Å²) in [5.41, 5.74) is 0. The molecule has 1 saturated heterocycles. The number of anilines is 2. The predicted octanol–water partition coefficient (Wildman–Crippen LogP) is 1.88. The molecule has 21 heavy (non-hydrogen) atoms. The van der Waals surface area contributed by atoms with Crippen LogP contribution in [0.5, 0.6) is 0 Å². The highest BCUT2D eigenvalue weighted by Crippen LogP contribution is 2.45. The number of fused-ring (bicyclic) bond motifs is 2. The summed E-state index contributed by atoms with van der Waals surface area (Å²) in [6.45, 7) is 2.12. The fraction of sp³-hybridized carbons (Fsp3) is 0.750. The van der Waals surface area contributed by atoms with Gasteiger partial charge in [0.2, 0.25) is 5.95 Å². The second-order valence-electron chi connectivity index (χ2n) is 6.88. The third-order valence-electron chi connectivity index (χ3n) is 5.61. The summed E-state index contributed by atoms with van der Waals surface area (Å²) in [5, 5.41) is 6.95. The quantitative estimate of drug-likeness (QED) is 0.885. The number of hydrogen-bond acceptors (Lipinski definition) is 5. The Bertz CT molecular complexity index is 505. The van der Waals surface area contributed by atoms with Crippen molar-refractivity contribution in [3.8, 4) is 0 Å². The Morgan fingerprint density at radius 3 is 2.90 bits per heavy atom. The molecule has 1 aromatic heterocycles. The van der Waals surface area contributed by atoms with Gasteiger partial charge in [-0.3, -0.25) is 0 Å². The lowest BCUT2D eigenvalue weighted by Gasteiger charge is -2.24. The Balaban J connectivity index is 1.43. The van der Waals surface area contributed by atoms with E-state index in [1.807, 2.05) is 19.3 Å². The molecule has 3 fully saturated rings. The summed E-state index contributed by atoms with van der Waals surface area (Å²) >= 11 is 0. The van der Waals surface area contributed by atoms with Crippen molar-refractivity contribution in [1.29, 1.82) is 0 Å². The van der Waals surface area contributed by atoms with E-state index >= 15 is 0 Å². The molecule has 2 N–H and O–H groups in total. The van der Waals surface area contributed by atoms with Gasteiger partial charge in [-0.15, -0.1) is 0 Å². The van der Waals surface area contributed by atoms with Gasteiger partial charge >= 0.3 is 0 Å². The molecule has 2 saturated carbocycles. The minimum atomic E-state index is 0.585. The van der Waals surface area contributed by atoms with Crippen molar-refractivity contribution < 1.29 is 0 Å². The smallest absolute Gasteiger partial charge is 0.224 e. The molecule has 4 rings (SSSR count). The molecule has 0 aromatic carbocycles. The molecule has 4 atom stereocenters. The first-order valence-corrected chi connectivity index (χ1v) is 8.33. The zero-order chi connectivity index (χ0) is 14.2. The van der Waals surface area contributed by atoms with Gasteiger partial charge in [0.1, 0.15) is 5.82 Å². The Hall–Kier alpha value is -1.36. The molecule has 1 aliphatic heterocycles. The minimum Gasteiger partial charge on any atom is -0.355 e. The molecular formula is C16H25N5. The zero-order valence-corrected chi connectivity index (χ0v) is 12.8. The summed E-state index contributed by atoms with van der Waals surface area (Å²) in [4.78, 5) is 11.5. The monoisotopic (exact) mass is 287 g/mol. The molecule has 2 aliphatic carbocycles. The first-order chi connectivity index (χ1) is 10.3. The van der Waals surface area contributed by atoms with E-state index < -0.39 is 0 Å². The van der Waals surface area contributed by atoms with Crippen LogP contribution in [0.3, 0.4) is 0 Å². The zero-order valence-electron chi connectivity index (χ0n) is 12.8. The van der Waals surface area contributed by atoms with Crippen LogP contribution in [-0.2, 0) is 0 Å². The standard InChI is InChI=1S/C16H25N5/c1-17-13-5-7-21(10-13)15-4-6-18-16(20-15)19-14-9-11-2-3-12(14)8-11/h4,6,11-14,17H,2-3,5,7-10H2,1H3,(H,18,19,20)/t11?,12?,13-,14?/m1/s1. The van der Waals surface area contributed by atoms with Gasteiger partial charge in [0.25, 0.3) is 0 Å². The number of rotatable bonds is 4. The lowest BCUT2D eigenvalue weighted by atomic mass is 9.95. The maximum absolute atomic E-state index is 4.75. The highest BCUT2D eigenvalue weighted by molar-refractivity contribution is 5.44. The predicted molar refractivity (Wildman–Crippen MR) is 84.6 cm³/mol. The Kier molecular flexibility index (Phi) is 3.45. The van der Waals surface area contributed by atoms with Crippen molar-refractivity contribution in [2.45, 2.75) is 44.2 Å². The SMILES string of the molecule is CN[C@@H]1CCN(c2ccnc(NC3CC4CCC3C4)n2)C1. The van der Waals surface area contributed by atoms with Gasteiger partial charge in [0.15, 0.2) is 0 Å². The van der Waals surface area contributed by atoms with Gasteiger partial charge in [-0.05, 0) is 50.6 Å². The Morgan fingerprint density at radius 1 is 1.24 bits per heavy atom. The van der Waals surface area contributed by atoms with Crippen LogP contribution in [0.2, 0.25) is 0 Å². The van der Waals surface area contributed by atoms with E-state index in [1.54, 1.807) is 0 Å². The van der Waals surface area contributed by atoms with Gasteiger partial charge in [0.05, 0.1) is 0 Å². The number of nitrogens with one attached hydrogen (secondary N) is 2. The van der Waals surface area contributed by atoms with Crippen LogP contribution in [-0.4, -0.2) is 42.2 Å². The molecule has 3 aliphatic rings. The van der Waals surface area contributed by atoms with Crippen molar-refractivity contribution in [2.24, 2.45) is 11.8 Å². The van der Waals surface area contributed by atoms with E-state index in [0.29, 0.717) is 12.1 Å². The average molecular weight is 287 g/mol. The summed E-state index contributed by atoms with van der Waals surface area (Å²) < 4.78 is 0. The van der Waals surface area contributed by atoms with Crippen molar-refractivity contribution in [3.05, 3.63) is 12.3 Å². The van der Waals surface area contributed by atoms with E-state index in [9.17, 15) is 0 Å². The second kappa shape index (κ2) is 5.44. The molecule has 3 unspecified atom stereocenters. The van der Waals surface area contributed by atoms with E-state index in [-0.39, 0.29) is 0 Å².